The number of hydrogen-bond acceptors (Lipinski definition) is 2. The molecule has 9 rings (SSSR count). The average Bonchev–Trinajstić information content (AvgIpc) is 3.67. The summed E-state index contributed by atoms with van der Waals surface area (Å²) in [6, 6.07) is 59.0. The van der Waals surface area contributed by atoms with E-state index in [0.717, 1.165) is 66.5 Å². The number of hydrogen-bond donors (Lipinski definition) is 0. The molecule has 4 nitrogen and oxygen atoms in total. The quantitative estimate of drug-likeness (QED) is 0.199. The molecule has 9 aromatic rings. The predicted octanol–water partition coefficient (Wildman–Crippen LogP) is 11.0. The van der Waals surface area contributed by atoms with Gasteiger partial charge in [-0.15, -0.1) is 0 Å². The number of nitriles is 2. The summed E-state index contributed by atoms with van der Waals surface area (Å²) >= 11 is 0. The van der Waals surface area contributed by atoms with Crippen LogP contribution in [0.3, 0.4) is 0 Å². The van der Waals surface area contributed by atoms with Crippen molar-refractivity contribution in [2.75, 3.05) is 0 Å². The van der Waals surface area contributed by atoms with Gasteiger partial charge in [0.2, 0.25) is 0 Å². The molecule has 0 spiro atoms. The van der Waals surface area contributed by atoms with Crippen LogP contribution in [-0.4, -0.2) is 9.13 Å². The average molecular weight is 611 g/mol. The minimum Gasteiger partial charge on any atom is -0.309 e. The first kappa shape index (κ1) is 27.4. The maximum Gasteiger partial charge on any atom is 0.102 e. The first-order chi connectivity index (χ1) is 23.7. The van der Waals surface area contributed by atoms with Crippen LogP contribution in [-0.2, 0) is 0 Å². The molecule has 0 atom stereocenters. The van der Waals surface area contributed by atoms with Crippen molar-refractivity contribution in [3.63, 3.8) is 0 Å². The zero-order valence-electron chi connectivity index (χ0n) is 25.8. The number of rotatable bonds is 4. The molecule has 2 heterocycles. The van der Waals surface area contributed by atoms with Crippen LogP contribution in [0.2, 0.25) is 0 Å². The third-order valence-corrected chi connectivity index (χ3v) is 9.37. The SMILES string of the molecule is N#Cc1ccc2c(c1)c1ccccc1n2-c1cc(-c2cccc(-n3c4ccccc4c4ccccc43)c2)cc(-c2ccccc2)c1C#N. The van der Waals surface area contributed by atoms with Gasteiger partial charge in [-0.1, -0.05) is 97.1 Å². The van der Waals surface area contributed by atoms with Crippen molar-refractivity contribution in [3.8, 4) is 45.8 Å². The van der Waals surface area contributed by atoms with Crippen molar-refractivity contribution >= 4 is 43.6 Å². The van der Waals surface area contributed by atoms with Gasteiger partial charge >= 0.3 is 0 Å². The van der Waals surface area contributed by atoms with Gasteiger partial charge in [-0.05, 0) is 77.4 Å². The van der Waals surface area contributed by atoms with Crippen molar-refractivity contribution in [2.24, 2.45) is 0 Å². The number of para-hydroxylation sites is 3. The van der Waals surface area contributed by atoms with Gasteiger partial charge in [0, 0.05) is 32.8 Å². The van der Waals surface area contributed by atoms with Gasteiger partial charge in [-0.25, -0.2) is 0 Å². The number of benzene rings is 7. The Hall–Kier alpha value is -6.88. The maximum absolute atomic E-state index is 10.8. The van der Waals surface area contributed by atoms with Crippen molar-refractivity contribution in [2.45, 2.75) is 0 Å². The van der Waals surface area contributed by atoms with Crippen LogP contribution in [0, 0.1) is 22.7 Å². The Morgan fingerprint density at radius 1 is 0.396 bits per heavy atom. The molecule has 0 radical (unpaired) electrons. The standard InChI is InChI=1S/C44H26N4/c45-27-29-21-22-43-38(23-29)36-17-6-9-20-42(36)48(43)44-26-32(25-37(39(44)28-46)30-11-2-1-3-12-30)31-13-10-14-33(24-31)47-40-18-7-4-15-34(40)35-16-5-8-19-41(35)47/h1-26H. The highest BCUT2D eigenvalue weighted by atomic mass is 15.0. The first-order valence-corrected chi connectivity index (χ1v) is 15.9. The van der Waals surface area contributed by atoms with E-state index in [4.69, 9.17) is 0 Å². The zero-order chi connectivity index (χ0) is 32.2. The highest BCUT2D eigenvalue weighted by Gasteiger charge is 2.20. The summed E-state index contributed by atoms with van der Waals surface area (Å²) in [5, 5.41) is 25.0. The van der Waals surface area contributed by atoms with E-state index < -0.39 is 0 Å². The van der Waals surface area contributed by atoms with Crippen LogP contribution < -0.4 is 0 Å². The molecule has 4 heteroatoms. The Kier molecular flexibility index (Phi) is 6.22. The summed E-state index contributed by atoms with van der Waals surface area (Å²) in [7, 11) is 0. The van der Waals surface area contributed by atoms with E-state index >= 15 is 0 Å². The molecule has 2 aromatic heterocycles. The fourth-order valence-corrected chi connectivity index (χ4v) is 7.26. The molecule has 0 aliphatic heterocycles. The van der Waals surface area contributed by atoms with Gasteiger partial charge in [-0.2, -0.15) is 10.5 Å². The fraction of sp³-hybridized carbons (Fsp3) is 0. The summed E-state index contributed by atoms with van der Waals surface area (Å²) in [6.45, 7) is 0. The monoisotopic (exact) mass is 610 g/mol. The maximum atomic E-state index is 10.8. The molecule has 0 bridgehead atoms. The molecule has 0 fully saturated rings. The largest absolute Gasteiger partial charge is 0.309 e. The van der Waals surface area contributed by atoms with Crippen molar-refractivity contribution in [3.05, 3.63) is 169 Å². The van der Waals surface area contributed by atoms with Crippen molar-refractivity contribution in [1.29, 1.82) is 10.5 Å². The Morgan fingerprint density at radius 2 is 0.979 bits per heavy atom. The lowest BCUT2D eigenvalue weighted by molar-refractivity contribution is 1.17. The molecular weight excluding hydrogens is 585 g/mol. The first-order valence-electron chi connectivity index (χ1n) is 15.9. The third-order valence-electron chi connectivity index (χ3n) is 9.37. The number of nitrogens with zero attached hydrogens (tertiary/aromatic N) is 4. The lowest BCUT2D eigenvalue weighted by Crippen LogP contribution is -2.01. The summed E-state index contributed by atoms with van der Waals surface area (Å²) < 4.78 is 4.51. The lowest BCUT2D eigenvalue weighted by atomic mass is 9.93. The molecular formula is C44H26N4. The summed E-state index contributed by atoms with van der Waals surface area (Å²) in [5.74, 6) is 0. The molecule has 0 amide bonds. The molecule has 222 valence electrons. The van der Waals surface area contributed by atoms with Gasteiger partial charge in [0.15, 0.2) is 0 Å². The second-order valence-corrected chi connectivity index (χ2v) is 12.0. The molecule has 0 unspecified atom stereocenters. The van der Waals surface area contributed by atoms with Crippen molar-refractivity contribution in [1.82, 2.24) is 9.13 Å². The highest BCUT2D eigenvalue weighted by molar-refractivity contribution is 6.11. The van der Waals surface area contributed by atoms with Crippen LogP contribution in [0.15, 0.2) is 158 Å². The fourth-order valence-electron chi connectivity index (χ4n) is 7.26. The second-order valence-electron chi connectivity index (χ2n) is 12.0. The summed E-state index contributed by atoms with van der Waals surface area (Å²) in [5.41, 5.74) is 11.2. The number of aromatic nitrogens is 2. The minimum absolute atomic E-state index is 0.593. The van der Waals surface area contributed by atoms with Crippen molar-refractivity contribution < 1.29 is 0 Å². The molecule has 0 aliphatic carbocycles. The Bertz CT molecular complexity index is 2750. The smallest absolute Gasteiger partial charge is 0.102 e. The molecule has 0 saturated heterocycles. The second kappa shape index (κ2) is 10.9. The topological polar surface area (TPSA) is 57.4 Å². The Labute approximate surface area is 277 Å². The third kappa shape index (κ3) is 4.14. The molecule has 0 N–H and O–H groups in total. The van der Waals surface area contributed by atoms with Crippen LogP contribution in [0.5, 0.6) is 0 Å². The van der Waals surface area contributed by atoms with Gasteiger partial charge in [0.05, 0.1) is 45.0 Å². The van der Waals surface area contributed by atoms with E-state index in [-0.39, 0.29) is 0 Å². The summed E-state index contributed by atoms with van der Waals surface area (Å²) in [4.78, 5) is 0. The lowest BCUT2D eigenvalue weighted by Gasteiger charge is -2.17. The Morgan fingerprint density at radius 3 is 1.65 bits per heavy atom. The minimum atomic E-state index is 0.593. The van der Waals surface area contributed by atoms with E-state index in [0.29, 0.717) is 11.1 Å². The summed E-state index contributed by atoms with van der Waals surface area (Å²) in [6.07, 6.45) is 0. The van der Waals surface area contributed by atoms with Gasteiger partial charge in [0.1, 0.15) is 6.07 Å². The normalized spacial score (nSPS) is 11.3. The van der Waals surface area contributed by atoms with E-state index in [9.17, 15) is 10.5 Å². The van der Waals surface area contributed by atoms with Gasteiger partial charge < -0.3 is 9.13 Å². The van der Waals surface area contributed by atoms with Crippen LogP contribution in [0.25, 0.3) is 77.2 Å². The zero-order valence-corrected chi connectivity index (χ0v) is 25.8. The van der Waals surface area contributed by atoms with E-state index in [1.807, 2.05) is 48.5 Å². The van der Waals surface area contributed by atoms with Crippen LogP contribution >= 0.6 is 0 Å². The molecule has 0 saturated carbocycles. The van der Waals surface area contributed by atoms with E-state index in [1.165, 1.54) is 10.8 Å². The molecule has 0 aliphatic rings. The predicted molar refractivity (Wildman–Crippen MR) is 195 cm³/mol. The molecule has 7 aromatic carbocycles. The number of fused-ring (bicyclic) bond motifs is 6. The highest BCUT2D eigenvalue weighted by Crippen LogP contribution is 2.40. The van der Waals surface area contributed by atoms with Gasteiger partial charge in [-0.3, -0.25) is 0 Å². The molecule has 48 heavy (non-hydrogen) atoms. The van der Waals surface area contributed by atoms with E-state index in [2.05, 4.69) is 130 Å². The van der Waals surface area contributed by atoms with Crippen LogP contribution in [0.4, 0.5) is 0 Å². The van der Waals surface area contributed by atoms with E-state index in [1.54, 1.807) is 0 Å². The van der Waals surface area contributed by atoms with Crippen LogP contribution in [0.1, 0.15) is 11.1 Å². The van der Waals surface area contributed by atoms with Gasteiger partial charge in [0.25, 0.3) is 0 Å². The Balaban J connectivity index is 1.34.